The van der Waals surface area contributed by atoms with Crippen molar-refractivity contribution in [1.82, 2.24) is 0 Å². The third kappa shape index (κ3) is 3.34. The summed E-state index contributed by atoms with van der Waals surface area (Å²) in [5, 5.41) is 13.4. The van der Waals surface area contributed by atoms with Crippen molar-refractivity contribution in [3.05, 3.63) is 55.1 Å². The van der Waals surface area contributed by atoms with E-state index in [-0.39, 0.29) is 15.0 Å². The highest BCUT2D eigenvalue weighted by Gasteiger charge is 2.10. The van der Waals surface area contributed by atoms with Crippen molar-refractivity contribution >= 4 is 45.2 Å². The molecule has 0 amide bonds. The number of nitro groups is 1. The Hall–Kier alpha value is -1.37. The summed E-state index contributed by atoms with van der Waals surface area (Å²) in [7, 11) is 0. The van der Waals surface area contributed by atoms with Gasteiger partial charge in [-0.3, -0.25) is 10.1 Å². The summed E-state index contributed by atoms with van der Waals surface area (Å²) < 4.78 is 13.2. The number of hydrogen-bond acceptors (Lipinski definition) is 4. The second kappa shape index (κ2) is 5.73. The first-order valence-corrected chi connectivity index (χ1v) is 6.66. The van der Waals surface area contributed by atoms with Gasteiger partial charge in [0.15, 0.2) is 5.82 Å². The van der Waals surface area contributed by atoms with Gasteiger partial charge in [-0.1, -0.05) is 34.5 Å². The number of nitrogens with zero attached hydrogens (tertiary/aromatic N) is 1. The maximum atomic E-state index is 13.2. The van der Waals surface area contributed by atoms with Gasteiger partial charge >= 0.3 is 5.00 Å². The van der Waals surface area contributed by atoms with Gasteiger partial charge in [0.05, 0.1) is 15.0 Å². The summed E-state index contributed by atoms with van der Waals surface area (Å²) in [6.07, 6.45) is 0. The number of benzene rings is 1. The minimum atomic E-state index is -0.666. The van der Waals surface area contributed by atoms with Crippen LogP contribution in [0, 0.1) is 15.9 Å². The number of rotatable bonds is 4. The zero-order valence-electron chi connectivity index (χ0n) is 9.32. The van der Waals surface area contributed by atoms with Crippen molar-refractivity contribution in [1.29, 1.82) is 0 Å². The van der Waals surface area contributed by atoms with Gasteiger partial charge in [-0.25, -0.2) is 4.39 Å². The average molecular weight is 321 g/mol. The van der Waals surface area contributed by atoms with Crippen molar-refractivity contribution < 1.29 is 9.31 Å². The average Bonchev–Trinajstić information content (AvgIpc) is 2.82. The lowest BCUT2D eigenvalue weighted by Gasteiger charge is -2.06. The second-order valence-electron chi connectivity index (χ2n) is 3.60. The van der Waals surface area contributed by atoms with Crippen molar-refractivity contribution in [3.8, 4) is 0 Å². The second-order valence-corrected chi connectivity index (χ2v) is 5.57. The van der Waals surface area contributed by atoms with E-state index in [1.54, 1.807) is 6.07 Å². The van der Waals surface area contributed by atoms with Gasteiger partial charge in [0, 0.05) is 23.2 Å². The SMILES string of the molecule is O=[N+]([O-])c1ccc(CNc2cc(Cl)c(F)c(Cl)c2)s1. The minimum absolute atomic E-state index is 0.0759. The van der Waals surface area contributed by atoms with Gasteiger partial charge in [-0.2, -0.15) is 0 Å². The van der Waals surface area contributed by atoms with Crippen LogP contribution in [0.15, 0.2) is 24.3 Å². The molecule has 0 saturated heterocycles. The van der Waals surface area contributed by atoms with E-state index in [1.165, 1.54) is 18.2 Å². The summed E-state index contributed by atoms with van der Waals surface area (Å²) >= 11 is 12.4. The van der Waals surface area contributed by atoms with Gasteiger partial charge < -0.3 is 5.32 Å². The lowest BCUT2D eigenvalue weighted by atomic mass is 10.3. The predicted molar refractivity (Wildman–Crippen MR) is 74.7 cm³/mol. The first kappa shape index (κ1) is 14.0. The molecule has 0 saturated carbocycles. The highest BCUT2D eigenvalue weighted by Crippen LogP contribution is 2.29. The molecule has 2 aromatic rings. The Bertz CT molecular complexity index is 610. The van der Waals surface area contributed by atoms with Crippen molar-refractivity contribution in [2.75, 3.05) is 5.32 Å². The molecule has 0 atom stereocenters. The Morgan fingerprint density at radius 1 is 1.32 bits per heavy atom. The van der Waals surface area contributed by atoms with E-state index in [4.69, 9.17) is 23.2 Å². The molecule has 1 aromatic heterocycles. The summed E-state index contributed by atoms with van der Waals surface area (Å²) in [6.45, 7) is 0.372. The summed E-state index contributed by atoms with van der Waals surface area (Å²) in [6, 6.07) is 5.91. The van der Waals surface area contributed by atoms with E-state index >= 15 is 0 Å². The van der Waals surface area contributed by atoms with Crippen molar-refractivity contribution in [3.63, 3.8) is 0 Å². The highest BCUT2D eigenvalue weighted by molar-refractivity contribution is 7.15. The molecular formula is C11H7Cl2FN2O2S. The van der Waals surface area contributed by atoms with Crippen LogP contribution in [-0.2, 0) is 6.54 Å². The first-order chi connectivity index (χ1) is 8.97. The molecule has 100 valence electrons. The Morgan fingerprint density at radius 3 is 2.47 bits per heavy atom. The smallest absolute Gasteiger partial charge is 0.324 e. The fourth-order valence-electron chi connectivity index (χ4n) is 1.41. The summed E-state index contributed by atoms with van der Waals surface area (Å²) in [5.41, 5.74) is 0.549. The van der Waals surface area contributed by atoms with Gasteiger partial charge in [0.25, 0.3) is 0 Å². The van der Waals surface area contributed by atoms with Crippen LogP contribution in [0.1, 0.15) is 4.88 Å². The van der Waals surface area contributed by atoms with Gasteiger partial charge in [0.2, 0.25) is 0 Å². The normalized spacial score (nSPS) is 10.5. The molecule has 1 N–H and O–H groups in total. The third-order valence-corrected chi connectivity index (χ3v) is 3.86. The molecule has 0 radical (unpaired) electrons. The quantitative estimate of drug-likeness (QED) is 0.504. The van der Waals surface area contributed by atoms with Crippen LogP contribution in [0.5, 0.6) is 0 Å². The number of nitrogens with one attached hydrogen (secondary N) is 1. The highest BCUT2D eigenvalue weighted by atomic mass is 35.5. The predicted octanol–water partition coefficient (Wildman–Crippen LogP) is 4.71. The molecule has 2 rings (SSSR count). The van der Waals surface area contributed by atoms with Crippen LogP contribution >= 0.6 is 34.5 Å². The number of anilines is 1. The van der Waals surface area contributed by atoms with Crippen LogP contribution in [0.3, 0.4) is 0 Å². The van der Waals surface area contributed by atoms with E-state index in [0.29, 0.717) is 12.2 Å². The monoisotopic (exact) mass is 320 g/mol. The van der Waals surface area contributed by atoms with E-state index in [2.05, 4.69) is 5.32 Å². The van der Waals surface area contributed by atoms with Crippen LogP contribution in [0.2, 0.25) is 10.0 Å². The summed E-state index contributed by atoms with van der Waals surface area (Å²) in [5.74, 6) is -0.666. The number of halogens is 3. The van der Waals surface area contributed by atoms with Crippen molar-refractivity contribution in [2.45, 2.75) is 6.54 Å². The molecule has 19 heavy (non-hydrogen) atoms. The van der Waals surface area contributed by atoms with Gasteiger partial charge in [-0.15, -0.1) is 0 Å². The van der Waals surface area contributed by atoms with Crippen LogP contribution < -0.4 is 5.32 Å². The molecule has 1 aromatic carbocycles. The van der Waals surface area contributed by atoms with E-state index in [9.17, 15) is 14.5 Å². The fraction of sp³-hybridized carbons (Fsp3) is 0.0909. The maximum absolute atomic E-state index is 13.2. The minimum Gasteiger partial charge on any atom is -0.380 e. The number of thiophene rings is 1. The lowest BCUT2D eigenvalue weighted by Crippen LogP contribution is -1.98. The first-order valence-electron chi connectivity index (χ1n) is 5.09. The summed E-state index contributed by atoms with van der Waals surface area (Å²) in [4.78, 5) is 10.9. The lowest BCUT2D eigenvalue weighted by molar-refractivity contribution is -0.380. The zero-order valence-corrected chi connectivity index (χ0v) is 11.7. The molecule has 0 spiro atoms. The molecule has 0 fully saturated rings. The molecule has 1 heterocycles. The largest absolute Gasteiger partial charge is 0.380 e. The molecule has 0 aliphatic heterocycles. The molecule has 8 heteroatoms. The van der Waals surface area contributed by atoms with Crippen molar-refractivity contribution in [2.24, 2.45) is 0 Å². The van der Waals surface area contributed by atoms with Gasteiger partial charge in [-0.05, 0) is 18.2 Å². The Balaban J connectivity index is 2.08. The standard InChI is InChI=1S/C11H7Cl2FN2O2S/c12-8-3-6(4-9(13)11(8)14)15-5-7-1-2-10(19-7)16(17)18/h1-4,15H,5H2. The van der Waals surface area contributed by atoms with Crippen LogP contribution in [0.25, 0.3) is 0 Å². The van der Waals surface area contributed by atoms with Gasteiger partial charge in [0.1, 0.15) is 0 Å². The van der Waals surface area contributed by atoms with E-state index < -0.39 is 10.7 Å². The molecule has 4 nitrogen and oxygen atoms in total. The topological polar surface area (TPSA) is 55.2 Å². The molecule has 0 unspecified atom stereocenters. The van der Waals surface area contributed by atoms with E-state index in [1.807, 2.05) is 0 Å². The molecule has 0 aliphatic rings. The van der Waals surface area contributed by atoms with Crippen LogP contribution in [0.4, 0.5) is 15.1 Å². The Morgan fingerprint density at radius 2 is 1.95 bits per heavy atom. The van der Waals surface area contributed by atoms with Crippen LogP contribution in [-0.4, -0.2) is 4.92 Å². The Kier molecular flexibility index (Phi) is 4.24. The maximum Gasteiger partial charge on any atom is 0.324 e. The number of hydrogen-bond donors (Lipinski definition) is 1. The van der Waals surface area contributed by atoms with E-state index in [0.717, 1.165) is 16.2 Å². The molecule has 0 bridgehead atoms. The third-order valence-electron chi connectivity index (χ3n) is 2.28. The molecule has 0 aliphatic carbocycles. The zero-order chi connectivity index (χ0) is 14.0. The Labute approximate surface area is 121 Å². The fourth-order valence-corrected chi connectivity index (χ4v) is 2.65. The molecular weight excluding hydrogens is 314 g/mol.